The number of carbonyl (C=O) groups is 2. The summed E-state index contributed by atoms with van der Waals surface area (Å²) in [4.78, 5) is 22.9. The summed E-state index contributed by atoms with van der Waals surface area (Å²) in [7, 11) is 0. The Hall–Kier alpha value is -2.62. The van der Waals surface area contributed by atoms with Crippen LogP contribution in [0.2, 0.25) is 0 Å². The first kappa shape index (κ1) is 16.7. The van der Waals surface area contributed by atoms with Crippen molar-refractivity contribution in [3.8, 4) is 0 Å². The Morgan fingerprint density at radius 3 is 2.09 bits per heavy atom. The summed E-state index contributed by atoms with van der Waals surface area (Å²) >= 11 is 0. The fraction of sp³-hybridized carbons (Fsp3) is 0.263. The highest BCUT2D eigenvalue weighted by molar-refractivity contribution is 5.94. The number of nitrogens with one attached hydrogen (secondary N) is 1. The zero-order chi connectivity index (χ0) is 17.0. The smallest absolute Gasteiger partial charge is 0.307 e. The second kappa shape index (κ2) is 7.09. The third-order valence-electron chi connectivity index (χ3n) is 3.84. The van der Waals surface area contributed by atoms with Crippen molar-refractivity contribution in [3.05, 3.63) is 69.8 Å². The minimum atomic E-state index is -0.882. The van der Waals surface area contributed by atoms with Crippen LogP contribution in [0, 0.1) is 20.8 Å². The van der Waals surface area contributed by atoms with E-state index in [1.165, 1.54) is 16.7 Å². The molecule has 0 aliphatic rings. The molecule has 0 saturated heterocycles. The first-order valence-corrected chi connectivity index (χ1v) is 7.52. The molecule has 0 spiro atoms. The van der Waals surface area contributed by atoms with Gasteiger partial charge in [0.2, 0.25) is 0 Å². The van der Waals surface area contributed by atoms with Gasteiger partial charge in [0.25, 0.3) is 5.91 Å². The van der Waals surface area contributed by atoms with Crippen molar-refractivity contribution in [2.75, 3.05) is 0 Å². The molecular formula is C19H21NO3. The second-order valence-corrected chi connectivity index (χ2v) is 5.83. The van der Waals surface area contributed by atoms with E-state index < -0.39 is 5.97 Å². The molecule has 2 aromatic rings. The molecule has 2 aromatic carbocycles. The van der Waals surface area contributed by atoms with Gasteiger partial charge >= 0.3 is 5.97 Å². The molecule has 0 heterocycles. The lowest BCUT2D eigenvalue weighted by Crippen LogP contribution is -2.23. The lowest BCUT2D eigenvalue weighted by atomic mass is 10.00. The van der Waals surface area contributed by atoms with Crippen LogP contribution in [0.25, 0.3) is 0 Å². The van der Waals surface area contributed by atoms with Crippen LogP contribution in [0.5, 0.6) is 0 Å². The molecule has 4 heteroatoms. The Balaban J connectivity index is 2.04. The van der Waals surface area contributed by atoms with Gasteiger partial charge in [0, 0.05) is 12.1 Å². The molecule has 2 rings (SSSR count). The fourth-order valence-corrected chi connectivity index (χ4v) is 2.71. The van der Waals surface area contributed by atoms with E-state index in [2.05, 4.69) is 24.4 Å². The van der Waals surface area contributed by atoms with Gasteiger partial charge in [0.05, 0.1) is 6.42 Å². The van der Waals surface area contributed by atoms with Gasteiger partial charge in [-0.2, -0.15) is 0 Å². The van der Waals surface area contributed by atoms with Crippen molar-refractivity contribution in [3.63, 3.8) is 0 Å². The maximum atomic E-state index is 12.2. The Morgan fingerprint density at radius 1 is 1.00 bits per heavy atom. The Kier molecular flexibility index (Phi) is 5.16. The van der Waals surface area contributed by atoms with Crippen LogP contribution in [0.15, 0.2) is 36.4 Å². The number of carbonyl (C=O) groups excluding carboxylic acids is 1. The number of rotatable bonds is 5. The van der Waals surface area contributed by atoms with Crippen LogP contribution in [0.4, 0.5) is 0 Å². The minimum Gasteiger partial charge on any atom is -0.481 e. The van der Waals surface area contributed by atoms with Gasteiger partial charge in [0.1, 0.15) is 0 Å². The molecule has 23 heavy (non-hydrogen) atoms. The van der Waals surface area contributed by atoms with Gasteiger partial charge < -0.3 is 10.4 Å². The second-order valence-electron chi connectivity index (χ2n) is 5.83. The Bertz CT molecular complexity index is 710. The molecule has 0 saturated carbocycles. The van der Waals surface area contributed by atoms with Gasteiger partial charge in [-0.05, 0) is 55.2 Å². The summed E-state index contributed by atoms with van der Waals surface area (Å²) in [5.41, 5.74) is 5.88. The SMILES string of the molecule is Cc1cc(C)c(CNC(=O)c2ccc(CC(=O)O)cc2)c(C)c1. The monoisotopic (exact) mass is 311 g/mol. The maximum Gasteiger partial charge on any atom is 0.307 e. The molecule has 2 N–H and O–H groups in total. The van der Waals surface area contributed by atoms with Crippen LogP contribution < -0.4 is 5.32 Å². The van der Waals surface area contributed by atoms with Crippen LogP contribution in [0.3, 0.4) is 0 Å². The van der Waals surface area contributed by atoms with Crippen LogP contribution in [-0.2, 0) is 17.8 Å². The summed E-state index contributed by atoms with van der Waals surface area (Å²) in [6.07, 6.45) is -0.0380. The molecule has 0 aliphatic carbocycles. The number of carboxylic acids is 1. The van der Waals surface area contributed by atoms with E-state index in [0.29, 0.717) is 17.7 Å². The molecule has 0 aromatic heterocycles. The third kappa shape index (κ3) is 4.42. The molecule has 120 valence electrons. The van der Waals surface area contributed by atoms with Crippen LogP contribution in [0.1, 0.15) is 38.2 Å². The highest BCUT2D eigenvalue weighted by atomic mass is 16.4. The van der Waals surface area contributed by atoms with Gasteiger partial charge in [-0.15, -0.1) is 0 Å². The standard InChI is InChI=1S/C19H21NO3/c1-12-8-13(2)17(14(3)9-12)11-20-19(23)16-6-4-15(5-7-16)10-18(21)22/h4-9H,10-11H2,1-3H3,(H,20,23)(H,21,22). The summed E-state index contributed by atoms with van der Waals surface area (Å²) in [6, 6.07) is 10.9. The first-order chi connectivity index (χ1) is 10.9. The number of benzene rings is 2. The predicted molar refractivity (Wildman–Crippen MR) is 89.6 cm³/mol. The van der Waals surface area contributed by atoms with Crippen molar-refractivity contribution in [1.29, 1.82) is 0 Å². The number of hydrogen-bond acceptors (Lipinski definition) is 2. The van der Waals surface area contributed by atoms with E-state index >= 15 is 0 Å². The number of amides is 1. The highest BCUT2D eigenvalue weighted by Gasteiger charge is 2.09. The normalized spacial score (nSPS) is 10.4. The van der Waals surface area contributed by atoms with E-state index in [1.54, 1.807) is 24.3 Å². The lowest BCUT2D eigenvalue weighted by Gasteiger charge is -2.12. The van der Waals surface area contributed by atoms with E-state index in [1.807, 2.05) is 13.8 Å². The van der Waals surface area contributed by atoms with Crippen molar-refractivity contribution in [2.45, 2.75) is 33.7 Å². The van der Waals surface area contributed by atoms with Gasteiger partial charge in [-0.25, -0.2) is 0 Å². The fourth-order valence-electron chi connectivity index (χ4n) is 2.71. The molecular weight excluding hydrogens is 290 g/mol. The van der Waals surface area contributed by atoms with Gasteiger partial charge in [0.15, 0.2) is 0 Å². The van der Waals surface area contributed by atoms with E-state index in [0.717, 1.165) is 5.56 Å². The van der Waals surface area contributed by atoms with E-state index in [9.17, 15) is 9.59 Å². The maximum absolute atomic E-state index is 12.2. The van der Waals surface area contributed by atoms with E-state index in [-0.39, 0.29) is 12.3 Å². The van der Waals surface area contributed by atoms with Crippen LogP contribution >= 0.6 is 0 Å². The summed E-state index contributed by atoms with van der Waals surface area (Å²) in [5.74, 6) is -1.04. The molecule has 1 amide bonds. The predicted octanol–water partition coefficient (Wildman–Crippen LogP) is 3.17. The number of carboxylic acid groups (broad SMARTS) is 1. The Labute approximate surface area is 136 Å². The Morgan fingerprint density at radius 2 is 1.57 bits per heavy atom. The highest BCUT2D eigenvalue weighted by Crippen LogP contribution is 2.16. The molecule has 0 bridgehead atoms. The van der Waals surface area contributed by atoms with Crippen molar-refractivity contribution in [2.24, 2.45) is 0 Å². The molecule has 0 radical (unpaired) electrons. The lowest BCUT2D eigenvalue weighted by molar-refractivity contribution is -0.136. The topological polar surface area (TPSA) is 66.4 Å². The molecule has 0 aliphatic heterocycles. The van der Waals surface area contributed by atoms with Gasteiger partial charge in [-0.3, -0.25) is 9.59 Å². The first-order valence-electron chi connectivity index (χ1n) is 7.52. The summed E-state index contributed by atoms with van der Waals surface area (Å²) < 4.78 is 0. The van der Waals surface area contributed by atoms with Crippen molar-refractivity contribution >= 4 is 11.9 Å². The quantitative estimate of drug-likeness (QED) is 0.891. The molecule has 4 nitrogen and oxygen atoms in total. The number of aliphatic carboxylic acids is 1. The summed E-state index contributed by atoms with van der Waals surface area (Å²) in [5, 5.41) is 11.7. The number of aryl methyl sites for hydroxylation is 3. The zero-order valence-electron chi connectivity index (χ0n) is 13.6. The average molecular weight is 311 g/mol. The summed E-state index contributed by atoms with van der Waals surface area (Å²) in [6.45, 7) is 6.62. The van der Waals surface area contributed by atoms with Crippen molar-refractivity contribution < 1.29 is 14.7 Å². The zero-order valence-corrected chi connectivity index (χ0v) is 13.6. The largest absolute Gasteiger partial charge is 0.481 e. The third-order valence-corrected chi connectivity index (χ3v) is 3.84. The minimum absolute atomic E-state index is 0.0380. The van der Waals surface area contributed by atoms with Crippen LogP contribution in [-0.4, -0.2) is 17.0 Å². The molecule has 0 fully saturated rings. The van der Waals surface area contributed by atoms with E-state index in [4.69, 9.17) is 5.11 Å². The number of hydrogen-bond donors (Lipinski definition) is 2. The van der Waals surface area contributed by atoms with Gasteiger partial charge in [-0.1, -0.05) is 29.8 Å². The molecule has 0 atom stereocenters. The molecule has 0 unspecified atom stereocenters. The van der Waals surface area contributed by atoms with Crippen molar-refractivity contribution in [1.82, 2.24) is 5.32 Å². The average Bonchev–Trinajstić information content (AvgIpc) is 2.46.